The molecule has 0 aliphatic heterocycles. The van der Waals surface area contributed by atoms with Crippen LogP contribution in [-0.4, -0.2) is 4.57 Å². The Morgan fingerprint density at radius 2 is 1.79 bits per heavy atom. The monoisotopic (exact) mass is 191 g/mol. The maximum atomic E-state index is 2.54. The molecule has 1 fully saturated rings. The first-order chi connectivity index (χ1) is 6.68. The van der Waals surface area contributed by atoms with Crippen LogP contribution in [0.15, 0.2) is 12.1 Å². The van der Waals surface area contributed by atoms with Gasteiger partial charge in [-0.25, -0.2) is 0 Å². The standard InChI is InChI=1S/C13H21N/c1-10-5-4-6-13(9-10)14-11(2)7-8-12(14)3/h7-8,10,13H,4-6,9H2,1-3H3. The van der Waals surface area contributed by atoms with Crippen LogP contribution in [0.5, 0.6) is 0 Å². The Hall–Kier alpha value is -0.720. The van der Waals surface area contributed by atoms with Gasteiger partial charge in [0, 0.05) is 17.4 Å². The molecular weight excluding hydrogens is 170 g/mol. The molecule has 0 spiro atoms. The highest BCUT2D eigenvalue weighted by Crippen LogP contribution is 2.33. The quantitative estimate of drug-likeness (QED) is 0.635. The molecule has 1 aliphatic rings. The van der Waals surface area contributed by atoms with Crippen LogP contribution in [0.3, 0.4) is 0 Å². The van der Waals surface area contributed by atoms with E-state index in [9.17, 15) is 0 Å². The minimum absolute atomic E-state index is 0.772. The number of aryl methyl sites for hydroxylation is 2. The zero-order chi connectivity index (χ0) is 10.1. The number of aromatic nitrogens is 1. The van der Waals surface area contributed by atoms with Gasteiger partial charge in [-0.1, -0.05) is 19.8 Å². The van der Waals surface area contributed by atoms with E-state index in [0.717, 1.165) is 12.0 Å². The van der Waals surface area contributed by atoms with E-state index >= 15 is 0 Å². The average molecular weight is 191 g/mol. The first kappa shape index (κ1) is 9.82. The second-order valence-corrected chi connectivity index (χ2v) is 4.91. The number of hydrogen-bond donors (Lipinski definition) is 0. The van der Waals surface area contributed by atoms with E-state index in [2.05, 4.69) is 37.5 Å². The predicted molar refractivity (Wildman–Crippen MR) is 60.6 cm³/mol. The van der Waals surface area contributed by atoms with Crippen LogP contribution in [0.1, 0.15) is 50.0 Å². The van der Waals surface area contributed by atoms with Crippen molar-refractivity contribution in [2.24, 2.45) is 5.92 Å². The SMILES string of the molecule is Cc1ccc(C)n1C1CCCC(C)C1. The highest BCUT2D eigenvalue weighted by molar-refractivity contribution is 5.15. The van der Waals surface area contributed by atoms with Gasteiger partial charge in [0.2, 0.25) is 0 Å². The Balaban J connectivity index is 2.21. The largest absolute Gasteiger partial charge is 0.346 e. The first-order valence-corrected chi connectivity index (χ1v) is 5.83. The van der Waals surface area contributed by atoms with E-state index in [1.807, 2.05) is 0 Å². The molecule has 2 rings (SSSR count). The molecule has 1 saturated carbocycles. The zero-order valence-corrected chi connectivity index (χ0v) is 9.59. The summed E-state index contributed by atoms with van der Waals surface area (Å²) in [6, 6.07) is 5.26. The molecule has 1 aromatic rings. The Bertz CT molecular complexity index is 292. The van der Waals surface area contributed by atoms with Gasteiger partial charge in [-0.2, -0.15) is 0 Å². The lowest BCUT2D eigenvalue weighted by molar-refractivity contribution is 0.277. The molecule has 0 saturated heterocycles. The van der Waals surface area contributed by atoms with Crippen LogP contribution in [0, 0.1) is 19.8 Å². The minimum atomic E-state index is 0.772. The summed E-state index contributed by atoms with van der Waals surface area (Å²) in [6.07, 6.45) is 5.58. The average Bonchev–Trinajstić information content (AvgIpc) is 2.46. The van der Waals surface area contributed by atoms with E-state index in [4.69, 9.17) is 0 Å². The summed E-state index contributed by atoms with van der Waals surface area (Å²) in [5, 5.41) is 0. The van der Waals surface area contributed by atoms with Gasteiger partial charge in [-0.05, 0) is 44.7 Å². The second-order valence-electron chi connectivity index (χ2n) is 4.91. The summed E-state index contributed by atoms with van der Waals surface area (Å²) >= 11 is 0. The van der Waals surface area contributed by atoms with Gasteiger partial charge in [0.1, 0.15) is 0 Å². The molecule has 2 atom stereocenters. The van der Waals surface area contributed by atoms with Crippen molar-refractivity contribution in [1.82, 2.24) is 4.57 Å². The maximum absolute atomic E-state index is 2.54. The van der Waals surface area contributed by atoms with Gasteiger partial charge in [-0.3, -0.25) is 0 Å². The third kappa shape index (κ3) is 1.73. The lowest BCUT2D eigenvalue weighted by Crippen LogP contribution is -2.19. The molecule has 1 heteroatoms. The van der Waals surface area contributed by atoms with Gasteiger partial charge >= 0.3 is 0 Å². The van der Waals surface area contributed by atoms with Gasteiger partial charge in [0.05, 0.1) is 0 Å². The van der Waals surface area contributed by atoms with Crippen LogP contribution in [-0.2, 0) is 0 Å². The van der Waals surface area contributed by atoms with Crippen molar-refractivity contribution in [1.29, 1.82) is 0 Å². The summed E-state index contributed by atoms with van der Waals surface area (Å²) < 4.78 is 2.54. The van der Waals surface area contributed by atoms with Crippen molar-refractivity contribution in [3.05, 3.63) is 23.5 Å². The van der Waals surface area contributed by atoms with Crippen LogP contribution < -0.4 is 0 Å². The summed E-state index contributed by atoms with van der Waals surface area (Å²) in [6.45, 7) is 6.85. The van der Waals surface area contributed by atoms with Crippen molar-refractivity contribution in [2.45, 2.75) is 52.5 Å². The normalized spacial score (nSPS) is 27.9. The highest BCUT2D eigenvalue weighted by atomic mass is 15.0. The van der Waals surface area contributed by atoms with Crippen LogP contribution >= 0.6 is 0 Å². The van der Waals surface area contributed by atoms with E-state index in [1.165, 1.54) is 37.1 Å². The molecule has 0 N–H and O–H groups in total. The van der Waals surface area contributed by atoms with Crippen LogP contribution in [0.4, 0.5) is 0 Å². The molecule has 1 heterocycles. The fourth-order valence-electron chi connectivity index (χ4n) is 2.89. The van der Waals surface area contributed by atoms with Crippen molar-refractivity contribution < 1.29 is 0 Å². The molecule has 1 aromatic heterocycles. The molecule has 0 amide bonds. The van der Waals surface area contributed by atoms with E-state index in [1.54, 1.807) is 0 Å². The lowest BCUT2D eigenvalue weighted by atomic mass is 9.87. The lowest BCUT2D eigenvalue weighted by Gasteiger charge is -2.30. The third-order valence-electron chi connectivity index (χ3n) is 3.60. The summed E-state index contributed by atoms with van der Waals surface area (Å²) in [7, 11) is 0. The molecule has 2 unspecified atom stereocenters. The first-order valence-electron chi connectivity index (χ1n) is 5.83. The Labute approximate surface area is 87.1 Å². The van der Waals surface area contributed by atoms with Gasteiger partial charge < -0.3 is 4.57 Å². The van der Waals surface area contributed by atoms with Crippen LogP contribution in [0.25, 0.3) is 0 Å². The van der Waals surface area contributed by atoms with Gasteiger partial charge in [-0.15, -0.1) is 0 Å². The topological polar surface area (TPSA) is 4.93 Å². The van der Waals surface area contributed by atoms with E-state index < -0.39 is 0 Å². The second kappa shape index (κ2) is 3.80. The maximum Gasteiger partial charge on any atom is 0.0338 e. The Kier molecular flexibility index (Phi) is 2.66. The zero-order valence-electron chi connectivity index (χ0n) is 9.59. The number of hydrogen-bond acceptors (Lipinski definition) is 0. The predicted octanol–water partition coefficient (Wildman–Crippen LogP) is 3.86. The van der Waals surface area contributed by atoms with E-state index in [0.29, 0.717) is 0 Å². The molecule has 0 radical (unpaired) electrons. The van der Waals surface area contributed by atoms with Crippen molar-refractivity contribution in [3.63, 3.8) is 0 Å². The molecule has 0 bridgehead atoms. The molecule has 1 nitrogen and oxygen atoms in total. The molecule has 14 heavy (non-hydrogen) atoms. The smallest absolute Gasteiger partial charge is 0.0338 e. The molecule has 1 aliphatic carbocycles. The van der Waals surface area contributed by atoms with Crippen molar-refractivity contribution in [2.75, 3.05) is 0 Å². The fraction of sp³-hybridized carbons (Fsp3) is 0.692. The number of rotatable bonds is 1. The molecule has 0 aromatic carbocycles. The van der Waals surface area contributed by atoms with Gasteiger partial charge in [0.15, 0.2) is 0 Å². The van der Waals surface area contributed by atoms with Crippen molar-refractivity contribution in [3.8, 4) is 0 Å². The molecule has 78 valence electrons. The molecular formula is C13H21N. The summed E-state index contributed by atoms with van der Waals surface area (Å²) in [5.74, 6) is 0.912. The minimum Gasteiger partial charge on any atom is -0.346 e. The Morgan fingerprint density at radius 3 is 2.36 bits per heavy atom. The fourth-order valence-corrected chi connectivity index (χ4v) is 2.89. The summed E-state index contributed by atoms with van der Waals surface area (Å²) in [4.78, 5) is 0. The Morgan fingerprint density at radius 1 is 1.14 bits per heavy atom. The van der Waals surface area contributed by atoms with Gasteiger partial charge in [0.25, 0.3) is 0 Å². The third-order valence-corrected chi connectivity index (χ3v) is 3.60. The van der Waals surface area contributed by atoms with E-state index in [-0.39, 0.29) is 0 Å². The highest BCUT2D eigenvalue weighted by Gasteiger charge is 2.21. The van der Waals surface area contributed by atoms with Crippen molar-refractivity contribution >= 4 is 0 Å². The summed E-state index contributed by atoms with van der Waals surface area (Å²) in [5.41, 5.74) is 2.86. The van der Waals surface area contributed by atoms with Crippen LogP contribution in [0.2, 0.25) is 0 Å². The number of nitrogens with zero attached hydrogens (tertiary/aromatic N) is 1.